The van der Waals surface area contributed by atoms with Crippen molar-refractivity contribution in [1.82, 2.24) is 20.2 Å². The molecule has 0 saturated heterocycles. The molecule has 2 heterocycles. The third-order valence-corrected chi connectivity index (χ3v) is 4.24. The fourth-order valence-corrected chi connectivity index (χ4v) is 2.98. The second-order valence-electron chi connectivity index (χ2n) is 6.31. The maximum absolute atomic E-state index is 4.63. The molecule has 5 nitrogen and oxygen atoms in total. The Morgan fingerprint density at radius 3 is 2.81 bits per heavy atom. The molecule has 0 radical (unpaired) electrons. The molecule has 0 atom stereocenters. The van der Waals surface area contributed by atoms with Gasteiger partial charge in [0, 0.05) is 37.0 Å². The Balaban J connectivity index is 1.51. The van der Waals surface area contributed by atoms with Crippen LogP contribution in [-0.2, 0) is 13.1 Å². The van der Waals surface area contributed by atoms with E-state index < -0.39 is 0 Å². The zero-order valence-electron chi connectivity index (χ0n) is 15.6. The van der Waals surface area contributed by atoms with Gasteiger partial charge in [-0.2, -0.15) is 0 Å². The van der Waals surface area contributed by atoms with Crippen molar-refractivity contribution in [2.45, 2.75) is 33.4 Å². The predicted octanol–water partition coefficient (Wildman–Crippen LogP) is 3.49. The number of nitrogens with one attached hydrogen (secondary N) is 2. The van der Waals surface area contributed by atoms with E-state index in [-0.39, 0.29) is 0 Å². The first-order valence-electron chi connectivity index (χ1n) is 9.25. The molecule has 0 aliphatic carbocycles. The van der Waals surface area contributed by atoms with Gasteiger partial charge in [0.05, 0.1) is 12.2 Å². The molecule has 2 N–H and O–H groups in total. The molecule has 0 aliphatic rings. The molecule has 2 aromatic heterocycles. The zero-order valence-corrected chi connectivity index (χ0v) is 15.6. The van der Waals surface area contributed by atoms with E-state index in [1.165, 1.54) is 10.9 Å². The molecule has 5 heteroatoms. The summed E-state index contributed by atoms with van der Waals surface area (Å²) in [6.45, 7) is 7.36. The Morgan fingerprint density at radius 1 is 1.08 bits per heavy atom. The first-order chi connectivity index (χ1) is 12.8. The van der Waals surface area contributed by atoms with E-state index in [1.54, 1.807) is 0 Å². The van der Waals surface area contributed by atoms with Crippen LogP contribution in [-0.4, -0.2) is 28.6 Å². The predicted molar refractivity (Wildman–Crippen MR) is 108 cm³/mol. The summed E-state index contributed by atoms with van der Waals surface area (Å²) in [6.07, 6.45) is 3.19. The molecule has 0 bridgehead atoms. The Kier molecular flexibility index (Phi) is 6.25. The average Bonchev–Trinajstić information content (AvgIpc) is 3.06. The standard InChI is InChI=1S/C21H27N5/c1-3-22-21(24-16-19-10-6-8-17(2)25-19)23-13-7-14-26-15-12-18-9-4-5-11-20(18)26/h4-6,8-12,15H,3,7,13-14,16H2,1-2H3,(H2,22,23,24). The number of nitrogens with zero attached hydrogens (tertiary/aromatic N) is 3. The van der Waals surface area contributed by atoms with E-state index in [0.29, 0.717) is 6.54 Å². The fourth-order valence-electron chi connectivity index (χ4n) is 2.98. The summed E-state index contributed by atoms with van der Waals surface area (Å²) in [4.78, 5) is 9.13. The van der Waals surface area contributed by atoms with E-state index in [0.717, 1.165) is 43.4 Å². The maximum Gasteiger partial charge on any atom is 0.191 e. The number of aromatic nitrogens is 2. The van der Waals surface area contributed by atoms with Crippen LogP contribution in [0.25, 0.3) is 10.9 Å². The first kappa shape index (κ1) is 18.0. The minimum Gasteiger partial charge on any atom is -0.357 e. The minimum absolute atomic E-state index is 0.583. The van der Waals surface area contributed by atoms with Crippen LogP contribution >= 0.6 is 0 Å². The van der Waals surface area contributed by atoms with Gasteiger partial charge in [0.25, 0.3) is 0 Å². The van der Waals surface area contributed by atoms with Gasteiger partial charge in [-0.3, -0.25) is 4.98 Å². The normalized spacial score (nSPS) is 11.7. The van der Waals surface area contributed by atoms with Gasteiger partial charge in [-0.05, 0) is 49.9 Å². The molecule has 3 rings (SSSR count). The quantitative estimate of drug-likeness (QED) is 0.390. The topological polar surface area (TPSA) is 54.2 Å². The van der Waals surface area contributed by atoms with Gasteiger partial charge in [0.2, 0.25) is 0 Å². The van der Waals surface area contributed by atoms with Crippen molar-refractivity contribution in [3.63, 3.8) is 0 Å². The van der Waals surface area contributed by atoms with Crippen molar-refractivity contribution in [2.75, 3.05) is 13.1 Å². The summed E-state index contributed by atoms with van der Waals surface area (Å²) in [5.74, 6) is 0.841. The van der Waals surface area contributed by atoms with Gasteiger partial charge in [0.1, 0.15) is 0 Å². The monoisotopic (exact) mass is 349 g/mol. The molecule has 1 aromatic carbocycles. The van der Waals surface area contributed by atoms with E-state index in [2.05, 4.69) is 68.6 Å². The van der Waals surface area contributed by atoms with Crippen molar-refractivity contribution < 1.29 is 0 Å². The van der Waals surface area contributed by atoms with Gasteiger partial charge < -0.3 is 15.2 Å². The second kappa shape index (κ2) is 9.04. The van der Waals surface area contributed by atoms with Crippen LogP contribution in [0.2, 0.25) is 0 Å². The molecule has 3 aromatic rings. The Morgan fingerprint density at radius 2 is 1.96 bits per heavy atom. The molecular weight excluding hydrogens is 322 g/mol. The van der Waals surface area contributed by atoms with Crippen LogP contribution in [0.5, 0.6) is 0 Å². The minimum atomic E-state index is 0.583. The summed E-state index contributed by atoms with van der Waals surface area (Å²) in [5, 5.41) is 8.00. The van der Waals surface area contributed by atoms with Crippen LogP contribution in [0, 0.1) is 6.92 Å². The van der Waals surface area contributed by atoms with Crippen molar-refractivity contribution in [2.24, 2.45) is 4.99 Å². The van der Waals surface area contributed by atoms with Gasteiger partial charge in [-0.15, -0.1) is 0 Å². The fraction of sp³-hybridized carbons (Fsp3) is 0.333. The second-order valence-corrected chi connectivity index (χ2v) is 6.31. The van der Waals surface area contributed by atoms with Crippen molar-refractivity contribution in [3.8, 4) is 0 Å². The highest BCUT2D eigenvalue weighted by Crippen LogP contribution is 2.15. The van der Waals surface area contributed by atoms with E-state index in [4.69, 9.17) is 0 Å². The lowest BCUT2D eigenvalue weighted by Gasteiger charge is -2.12. The average molecular weight is 349 g/mol. The number of aliphatic imine (C=N–C) groups is 1. The summed E-state index contributed by atoms with van der Waals surface area (Å²) >= 11 is 0. The van der Waals surface area contributed by atoms with E-state index in [1.807, 2.05) is 25.1 Å². The van der Waals surface area contributed by atoms with E-state index >= 15 is 0 Å². The third-order valence-electron chi connectivity index (χ3n) is 4.24. The van der Waals surface area contributed by atoms with Gasteiger partial charge in [-0.1, -0.05) is 24.3 Å². The van der Waals surface area contributed by atoms with Crippen LogP contribution in [0.4, 0.5) is 0 Å². The first-order valence-corrected chi connectivity index (χ1v) is 9.25. The molecule has 0 saturated carbocycles. The van der Waals surface area contributed by atoms with Gasteiger partial charge >= 0.3 is 0 Å². The maximum atomic E-state index is 4.63. The molecule has 0 fully saturated rings. The molecule has 0 spiro atoms. The highest BCUT2D eigenvalue weighted by molar-refractivity contribution is 5.80. The SMILES string of the molecule is CCNC(=NCc1cccc(C)n1)NCCCn1ccc2ccccc21. The number of hydrogen-bond donors (Lipinski definition) is 2. The van der Waals surface area contributed by atoms with Crippen LogP contribution < -0.4 is 10.6 Å². The lowest BCUT2D eigenvalue weighted by atomic mass is 10.2. The van der Waals surface area contributed by atoms with Crippen LogP contribution in [0.1, 0.15) is 24.7 Å². The Bertz CT molecular complexity index is 865. The lowest BCUT2D eigenvalue weighted by Crippen LogP contribution is -2.38. The largest absolute Gasteiger partial charge is 0.357 e. The smallest absolute Gasteiger partial charge is 0.191 e. The van der Waals surface area contributed by atoms with E-state index in [9.17, 15) is 0 Å². The third kappa shape index (κ3) is 4.85. The van der Waals surface area contributed by atoms with Gasteiger partial charge in [0.15, 0.2) is 5.96 Å². The molecule has 26 heavy (non-hydrogen) atoms. The summed E-state index contributed by atoms with van der Waals surface area (Å²) < 4.78 is 2.30. The molecular formula is C21H27N5. The number of para-hydroxylation sites is 1. The van der Waals surface area contributed by atoms with Crippen LogP contribution in [0.3, 0.4) is 0 Å². The number of rotatable bonds is 7. The molecule has 136 valence electrons. The number of benzene rings is 1. The molecule has 0 aliphatic heterocycles. The number of aryl methyl sites for hydroxylation is 2. The zero-order chi connectivity index (χ0) is 18.2. The van der Waals surface area contributed by atoms with Crippen molar-refractivity contribution in [1.29, 1.82) is 0 Å². The Hall–Kier alpha value is -2.82. The van der Waals surface area contributed by atoms with Crippen LogP contribution in [0.15, 0.2) is 59.7 Å². The number of hydrogen-bond acceptors (Lipinski definition) is 2. The Labute approximate surface area is 155 Å². The lowest BCUT2D eigenvalue weighted by molar-refractivity contribution is 0.640. The summed E-state index contributed by atoms with van der Waals surface area (Å²) in [6, 6.07) is 16.7. The number of pyridine rings is 1. The van der Waals surface area contributed by atoms with Gasteiger partial charge in [-0.25, -0.2) is 4.99 Å². The number of guanidine groups is 1. The summed E-state index contributed by atoms with van der Waals surface area (Å²) in [7, 11) is 0. The molecule has 0 amide bonds. The highest BCUT2D eigenvalue weighted by Gasteiger charge is 2.01. The summed E-state index contributed by atoms with van der Waals surface area (Å²) in [5.41, 5.74) is 3.30. The highest BCUT2D eigenvalue weighted by atomic mass is 15.2. The van der Waals surface area contributed by atoms with Crippen molar-refractivity contribution >= 4 is 16.9 Å². The van der Waals surface area contributed by atoms with Crippen molar-refractivity contribution in [3.05, 3.63) is 66.1 Å². The molecule has 0 unspecified atom stereocenters. The number of fused-ring (bicyclic) bond motifs is 1.